The second-order valence-electron chi connectivity index (χ2n) is 4.33. The highest BCUT2D eigenvalue weighted by Crippen LogP contribution is 2.29. The van der Waals surface area contributed by atoms with Crippen molar-refractivity contribution in [2.45, 2.75) is 0 Å². The average Bonchev–Trinajstić information content (AvgIpc) is 3.05. The molecule has 0 saturated carbocycles. The zero-order chi connectivity index (χ0) is 11.9. The number of para-hydroxylation sites is 1. The molecule has 0 N–H and O–H groups in total. The van der Waals surface area contributed by atoms with Gasteiger partial charge in [0.15, 0.2) is 0 Å². The highest BCUT2D eigenvalue weighted by atomic mass is 16.3. The number of rotatable bonds is 1. The summed E-state index contributed by atoms with van der Waals surface area (Å²) in [6.45, 7) is 0. The van der Waals surface area contributed by atoms with Crippen LogP contribution in [0.3, 0.4) is 0 Å². The lowest BCUT2D eigenvalue weighted by Gasteiger charge is -1.91. The molecule has 2 heteroatoms. The third kappa shape index (κ3) is 1.27. The van der Waals surface area contributed by atoms with Crippen LogP contribution in [0.1, 0.15) is 5.56 Å². The summed E-state index contributed by atoms with van der Waals surface area (Å²) in [6, 6.07) is 14.3. The molecule has 0 spiro atoms. The average molecular weight is 232 g/mol. The summed E-state index contributed by atoms with van der Waals surface area (Å²) in [7, 11) is 0. The molecule has 0 saturated heterocycles. The van der Waals surface area contributed by atoms with Gasteiger partial charge in [-0.05, 0) is 24.3 Å². The van der Waals surface area contributed by atoms with Crippen LogP contribution in [0.2, 0.25) is 0 Å². The van der Waals surface area contributed by atoms with Crippen molar-refractivity contribution in [3.63, 3.8) is 0 Å². The van der Waals surface area contributed by atoms with Crippen molar-refractivity contribution >= 4 is 33.9 Å². The number of hydrogen-bond donors (Lipinski definition) is 0. The van der Waals surface area contributed by atoms with Crippen LogP contribution in [0.25, 0.3) is 21.9 Å². The molecular formula is C16H10NO+. The van der Waals surface area contributed by atoms with E-state index < -0.39 is 0 Å². The predicted molar refractivity (Wildman–Crippen MR) is 75.2 cm³/mol. The Balaban J connectivity index is 2.07. The van der Waals surface area contributed by atoms with E-state index in [1.165, 1.54) is 0 Å². The maximum atomic E-state index is 5.80. The minimum Gasteiger partial charge on any atom is -0.456 e. The van der Waals surface area contributed by atoms with Crippen LogP contribution in [0, 0.1) is 0 Å². The van der Waals surface area contributed by atoms with E-state index in [-0.39, 0.29) is 0 Å². The van der Waals surface area contributed by atoms with Crippen molar-refractivity contribution in [3.05, 3.63) is 60.2 Å². The molecule has 3 aromatic rings. The van der Waals surface area contributed by atoms with Gasteiger partial charge in [0.2, 0.25) is 0 Å². The summed E-state index contributed by atoms with van der Waals surface area (Å²) in [5.41, 5.74) is 3.98. The standard InChI is InChI=1S/C16H10NO/c1-2-6-15-12(4-1)13-10-11(7-8-16(13)18-15)14-5-3-9-17-14/h1-10H/q+1. The molecule has 2 aromatic carbocycles. The fourth-order valence-corrected chi connectivity index (χ4v) is 2.36. The summed E-state index contributed by atoms with van der Waals surface area (Å²) in [6.07, 6.45) is 5.78. The van der Waals surface area contributed by atoms with Gasteiger partial charge in [-0.3, -0.25) is 0 Å². The first-order chi connectivity index (χ1) is 8.92. The van der Waals surface area contributed by atoms with E-state index in [4.69, 9.17) is 4.42 Å². The Labute approximate surface area is 104 Å². The molecule has 1 aliphatic heterocycles. The lowest BCUT2D eigenvalue weighted by molar-refractivity contribution is 0.669. The lowest BCUT2D eigenvalue weighted by Crippen LogP contribution is -1.96. The van der Waals surface area contributed by atoms with Crippen LogP contribution in [-0.4, -0.2) is 11.9 Å². The summed E-state index contributed by atoms with van der Waals surface area (Å²) < 4.78 is 10.1. The predicted octanol–water partition coefficient (Wildman–Crippen LogP) is 3.08. The molecule has 0 unspecified atom stereocenters. The highest BCUT2D eigenvalue weighted by Gasteiger charge is 2.15. The molecule has 1 aromatic heterocycles. The van der Waals surface area contributed by atoms with Crippen molar-refractivity contribution < 1.29 is 4.42 Å². The minimum absolute atomic E-state index is 0.923. The third-order valence-electron chi connectivity index (χ3n) is 3.23. The van der Waals surface area contributed by atoms with Gasteiger partial charge in [0.05, 0.1) is 5.56 Å². The Morgan fingerprint density at radius 2 is 1.78 bits per heavy atom. The Morgan fingerprint density at radius 3 is 2.67 bits per heavy atom. The number of nitrogens with zero attached hydrogens (tertiary/aromatic N) is 1. The van der Waals surface area contributed by atoms with Crippen LogP contribution >= 0.6 is 0 Å². The van der Waals surface area contributed by atoms with Gasteiger partial charge in [-0.15, -0.1) is 0 Å². The second kappa shape index (κ2) is 3.46. The molecule has 0 bridgehead atoms. The minimum atomic E-state index is 0.923. The van der Waals surface area contributed by atoms with Crippen molar-refractivity contribution in [3.8, 4) is 0 Å². The molecule has 84 valence electrons. The molecule has 2 nitrogen and oxygen atoms in total. The summed E-state index contributed by atoms with van der Waals surface area (Å²) in [4.78, 5) is 0. The van der Waals surface area contributed by atoms with Crippen LogP contribution in [-0.2, 0) is 0 Å². The van der Waals surface area contributed by atoms with Crippen molar-refractivity contribution in [2.24, 2.45) is 0 Å². The molecule has 1 aliphatic rings. The first-order valence-electron chi connectivity index (χ1n) is 5.91. The van der Waals surface area contributed by atoms with Gasteiger partial charge >= 0.3 is 5.71 Å². The Hall–Kier alpha value is -2.57. The summed E-state index contributed by atoms with van der Waals surface area (Å²) >= 11 is 0. The lowest BCUT2D eigenvalue weighted by atomic mass is 10.1. The largest absolute Gasteiger partial charge is 0.456 e. The van der Waals surface area contributed by atoms with Gasteiger partial charge in [0.1, 0.15) is 11.2 Å². The second-order valence-corrected chi connectivity index (χ2v) is 4.33. The summed E-state index contributed by atoms with van der Waals surface area (Å²) in [5, 5.41) is 2.30. The maximum absolute atomic E-state index is 5.80. The number of hydrogen-bond acceptors (Lipinski definition) is 1. The maximum Gasteiger partial charge on any atom is 0.334 e. The molecule has 0 atom stereocenters. The zero-order valence-electron chi connectivity index (χ0n) is 9.63. The van der Waals surface area contributed by atoms with E-state index in [0.29, 0.717) is 0 Å². The molecule has 0 amide bonds. The van der Waals surface area contributed by atoms with Gasteiger partial charge in [-0.25, -0.2) is 0 Å². The zero-order valence-corrected chi connectivity index (χ0v) is 9.63. The first kappa shape index (κ1) is 9.46. The van der Waals surface area contributed by atoms with Crippen LogP contribution < -0.4 is 4.67 Å². The van der Waals surface area contributed by atoms with Gasteiger partial charge in [0.25, 0.3) is 6.21 Å². The third-order valence-corrected chi connectivity index (χ3v) is 3.23. The molecule has 18 heavy (non-hydrogen) atoms. The molecule has 4 rings (SSSR count). The van der Waals surface area contributed by atoms with Crippen molar-refractivity contribution in [1.29, 1.82) is 0 Å². The number of allylic oxidation sites excluding steroid dienone is 2. The van der Waals surface area contributed by atoms with E-state index in [9.17, 15) is 0 Å². The van der Waals surface area contributed by atoms with Crippen molar-refractivity contribution in [1.82, 2.24) is 4.67 Å². The SMILES string of the molecule is C1=CC(c2ccc3oc4ccccc4c3c2)=[N+]=C1. The monoisotopic (exact) mass is 232 g/mol. The normalized spacial score (nSPS) is 13.7. The van der Waals surface area contributed by atoms with E-state index in [1.807, 2.05) is 48.7 Å². The van der Waals surface area contributed by atoms with Crippen LogP contribution in [0.4, 0.5) is 0 Å². The Morgan fingerprint density at radius 1 is 0.889 bits per heavy atom. The van der Waals surface area contributed by atoms with Gasteiger partial charge in [-0.2, -0.15) is 0 Å². The fourth-order valence-electron chi connectivity index (χ4n) is 2.36. The highest BCUT2D eigenvalue weighted by molar-refractivity contribution is 6.16. The number of fused-ring (bicyclic) bond motifs is 3. The topological polar surface area (TPSA) is 27.2 Å². The van der Waals surface area contributed by atoms with Gasteiger partial charge < -0.3 is 4.42 Å². The van der Waals surface area contributed by atoms with Crippen molar-refractivity contribution in [2.75, 3.05) is 0 Å². The smallest absolute Gasteiger partial charge is 0.334 e. The van der Waals surface area contributed by atoms with E-state index in [0.717, 1.165) is 33.2 Å². The Kier molecular flexibility index (Phi) is 1.82. The molecule has 0 fully saturated rings. The molecule has 0 aliphatic carbocycles. The van der Waals surface area contributed by atoms with Crippen LogP contribution in [0.15, 0.2) is 59.0 Å². The van der Waals surface area contributed by atoms with Crippen LogP contribution in [0.5, 0.6) is 0 Å². The molecule has 0 radical (unpaired) electrons. The summed E-state index contributed by atoms with van der Waals surface area (Å²) in [5.74, 6) is 0. The van der Waals surface area contributed by atoms with Gasteiger partial charge in [-0.1, -0.05) is 22.9 Å². The number of benzene rings is 2. The quantitative estimate of drug-likeness (QED) is 0.592. The van der Waals surface area contributed by atoms with Gasteiger partial charge in [0, 0.05) is 22.9 Å². The number of furan rings is 1. The molecular weight excluding hydrogens is 222 g/mol. The van der Waals surface area contributed by atoms with E-state index >= 15 is 0 Å². The van der Waals surface area contributed by atoms with E-state index in [2.05, 4.69) is 16.8 Å². The molecule has 2 heterocycles. The van der Waals surface area contributed by atoms with E-state index in [1.54, 1.807) is 0 Å². The first-order valence-corrected chi connectivity index (χ1v) is 5.91. The Bertz CT molecular complexity index is 861. The fraction of sp³-hybridized carbons (Fsp3) is 0.